The number of rotatable bonds is 3. The zero-order chi connectivity index (χ0) is 13.9. The number of amides is 1. The van der Waals surface area contributed by atoms with E-state index in [2.05, 4.69) is 20.6 Å². The van der Waals surface area contributed by atoms with Crippen LogP contribution in [-0.4, -0.2) is 22.4 Å². The van der Waals surface area contributed by atoms with Crippen molar-refractivity contribution in [2.24, 2.45) is 0 Å². The molecule has 0 atom stereocenters. The van der Waals surface area contributed by atoms with Gasteiger partial charge >= 0.3 is 0 Å². The van der Waals surface area contributed by atoms with Crippen molar-refractivity contribution >= 4 is 11.6 Å². The molecule has 2 heterocycles. The SMILES string of the molecule is Cc1nccc(CNC(=O)c2ccc3c(c2)CCN3)n1. The summed E-state index contributed by atoms with van der Waals surface area (Å²) in [5.41, 5.74) is 3.84. The fourth-order valence-electron chi connectivity index (χ4n) is 2.32. The van der Waals surface area contributed by atoms with Crippen LogP contribution < -0.4 is 10.6 Å². The minimum Gasteiger partial charge on any atom is -0.384 e. The maximum absolute atomic E-state index is 12.1. The van der Waals surface area contributed by atoms with E-state index in [-0.39, 0.29) is 5.91 Å². The van der Waals surface area contributed by atoms with E-state index in [4.69, 9.17) is 0 Å². The Hall–Kier alpha value is -2.43. The lowest BCUT2D eigenvalue weighted by Crippen LogP contribution is -2.23. The largest absolute Gasteiger partial charge is 0.384 e. The van der Waals surface area contributed by atoms with Gasteiger partial charge in [-0.15, -0.1) is 0 Å². The number of carbonyl (C=O) groups is 1. The molecule has 0 aliphatic carbocycles. The Morgan fingerprint density at radius 2 is 2.30 bits per heavy atom. The van der Waals surface area contributed by atoms with Crippen LogP contribution in [0.3, 0.4) is 0 Å². The zero-order valence-corrected chi connectivity index (χ0v) is 11.3. The standard InChI is InChI=1S/C15H16N4O/c1-10-16-7-5-13(19-10)9-18-15(20)12-2-3-14-11(8-12)4-6-17-14/h2-3,5,7-8,17H,4,6,9H2,1H3,(H,18,20). The Morgan fingerprint density at radius 3 is 3.15 bits per heavy atom. The molecular weight excluding hydrogens is 252 g/mol. The quantitative estimate of drug-likeness (QED) is 0.889. The highest BCUT2D eigenvalue weighted by Crippen LogP contribution is 2.22. The fourth-order valence-corrected chi connectivity index (χ4v) is 2.32. The molecule has 3 rings (SSSR count). The average molecular weight is 268 g/mol. The smallest absolute Gasteiger partial charge is 0.251 e. The molecule has 0 radical (unpaired) electrons. The van der Waals surface area contributed by atoms with Crippen LogP contribution in [0.4, 0.5) is 5.69 Å². The van der Waals surface area contributed by atoms with Crippen LogP contribution in [0.15, 0.2) is 30.5 Å². The van der Waals surface area contributed by atoms with Gasteiger partial charge in [-0.1, -0.05) is 0 Å². The minimum absolute atomic E-state index is 0.0732. The average Bonchev–Trinajstić information content (AvgIpc) is 2.92. The van der Waals surface area contributed by atoms with Crippen LogP contribution in [0.25, 0.3) is 0 Å². The number of aromatic nitrogens is 2. The summed E-state index contributed by atoms with van der Waals surface area (Å²) in [6.07, 6.45) is 2.67. The van der Waals surface area contributed by atoms with Gasteiger partial charge in [0.2, 0.25) is 0 Å². The number of hydrogen-bond donors (Lipinski definition) is 2. The van der Waals surface area contributed by atoms with Gasteiger partial charge in [-0.3, -0.25) is 4.79 Å². The van der Waals surface area contributed by atoms with Crippen LogP contribution in [0.2, 0.25) is 0 Å². The topological polar surface area (TPSA) is 66.9 Å². The molecule has 1 amide bonds. The lowest BCUT2D eigenvalue weighted by atomic mass is 10.1. The molecule has 0 saturated carbocycles. The molecule has 0 unspecified atom stereocenters. The summed E-state index contributed by atoms with van der Waals surface area (Å²) in [5.74, 6) is 0.635. The summed E-state index contributed by atoms with van der Waals surface area (Å²) in [6, 6.07) is 7.57. The molecular formula is C15H16N4O. The van der Waals surface area contributed by atoms with E-state index in [1.165, 1.54) is 5.56 Å². The maximum atomic E-state index is 12.1. The molecule has 0 fully saturated rings. The van der Waals surface area contributed by atoms with Crippen molar-refractivity contribution in [2.75, 3.05) is 11.9 Å². The van der Waals surface area contributed by atoms with E-state index in [1.54, 1.807) is 12.3 Å². The predicted molar refractivity (Wildman–Crippen MR) is 76.6 cm³/mol. The molecule has 0 spiro atoms. The molecule has 0 bridgehead atoms. The molecule has 1 aliphatic heterocycles. The third-order valence-corrected chi connectivity index (χ3v) is 3.34. The van der Waals surface area contributed by atoms with Gasteiger partial charge in [-0.25, -0.2) is 9.97 Å². The molecule has 0 saturated heterocycles. The summed E-state index contributed by atoms with van der Waals surface area (Å²) in [5, 5.41) is 6.17. The Kier molecular flexibility index (Phi) is 3.33. The number of fused-ring (bicyclic) bond motifs is 1. The van der Waals surface area contributed by atoms with Gasteiger partial charge in [-0.2, -0.15) is 0 Å². The highest BCUT2D eigenvalue weighted by molar-refractivity contribution is 5.95. The van der Waals surface area contributed by atoms with Gasteiger partial charge in [0.15, 0.2) is 0 Å². The van der Waals surface area contributed by atoms with Gasteiger partial charge < -0.3 is 10.6 Å². The van der Waals surface area contributed by atoms with E-state index >= 15 is 0 Å². The van der Waals surface area contributed by atoms with Crippen molar-refractivity contribution in [3.05, 3.63) is 53.1 Å². The third kappa shape index (κ3) is 2.61. The number of benzene rings is 1. The molecule has 1 aliphatic rings. The maximum Gasteiger partial charge on any atom is 0.251 e. The van der Waals surface area contributed by atoms with E-state index < -0.39 is 0 Å². The van der Waals surface area contributed by atoms with Gasteiger partial charge in [0.25, 0.3) is 5.91 Å². The molecule has 102 valence electrons. The number of hydrogen-bond acceptors (Lipinski definition) is 4. The van der Waals surface area contributed by atoms with Crippen molar-refractivity contribution in [3.8, 4) is 0 Å². The minimum atomic E-state index is -0.0732. The van der Waals surface area contributed by atoms with E-state index in [0.717, 1.165) is 24.3 Å². The summed E-state index contributed by atoms with van der Waals surface area (Å²) in [4.78, 5) is 20.4. The summed E-state index contributed by atoms with van der Waals surface area (Å²) < 4.78 is 0. The highest BCUT2D eigenvalue weighted by atomic mass is 16.1. The van der Waals surface area contributed by atoms with Crippen LogP contribution in [0.1, 0.15) is 27.4 Å². The number of anilines is 1. The van der Waals surface area contributed by atoms with Crippen molar-refractivity contribution in [3.63, 3.8) is 0 Å². The molecule has 1 aromatic heterocycles. The first-order valence-electron chi connectivity index (χ1n) is 6.66. The predicted octanol–water partition coefficient (Wildman–Crippen LogP) is 1.68. The van der Waals surface area contributed by atoms with E-state index in [9.17, 15) is 4.79 Å². The molecule has 2 aromatic rings. The monoisotopic (exact) mass is 268 g/mol. The number of nitrogens with zero attached hydrogens (tertiary/aromatic N) is 2. The zero-order valence-electron chi connectivity index (χ0n) is 11.3. The third-order valence-electron chi connectivity index (χ3n) is 3.34. The van der Waals surface area contributed by atoms with E-state index in [0.29, 0.717) is 17.9 Å². The first-order valence-corrected chi connectivity index (χ1v) is 6.66. The van der Waals surface area contributed by atoms with Crippen LogP contribution in [0, 0.1) is 6.92 Å². The van der Waals surface area contributed by atoms with Gasteiger partial charge in [-0.05, 0) is 43.2 Å². The number of nitrogens with one attached hydrogen (secondary N) is 2. The normalized spacial score (nSPS) is 12.7. The summed E-state index contributed by atoms with van der Waals surface area (Å²) in [6.45, 7) is 3.19. The van der Waals surface area contributed by atoms with Gasteiger partial charge in [0.1, 0.15) is 5.82 Å². The molecule has 2 N–H and O–H groups in total. The highest BCUT2D eigenvalue weighted by Gasteiger charge is 2.13. The number of aryl methyl sites for hydroxylation is 1. The summed E-state index contributed by atoms with van der Waals surface area (Å²) in [7, 11) is 0. The van der Waals surface area contributed by atoms with E-state index in [1.807, 2.05) is 25.1 Å². The Labute approximate surface area is 117 Å². The second kappa shape index (κ2) is 5.28. The molecule has 1 aromatic carbocycles. The molecule has 5 heteroatoms. The lowest BCUT2D eigenvalue weighted by molar-refractivity contribution is 0.0950. The second-order valence-corrected chi connectivity index (χ2v) is 4.83. The fraction of sp³-hybridized carbons (Fsp3) is 0.267. The van der Waals surface area contributed by atoms with Gasteiger partial charge in [0, 0.05) is 24.0 Å². The van der Waals surface area contributed by atoms with Crippen LogP contribution >= 0.6 is 0 Å². The lowest BCUT2D eigenvalue weighted by Gasteiger charge is -2.07. The van der Waals surface area contributed by atoms with Crippen molar-refractivity contribution in [1.82, 2.24) is 15.3 Å². The van der Waals surface area contributed by atoms with Crippen molar-refractivity contribution in [2.45, 2.75) is 19.9 Å². The summed E-state index contributed by atoms with van der Waals surface area (Å²) >= 11 is 0. The van der Waals surface area contributed by atoms with Crippen molar-refractivity contribution < 1.29 is 4.79 Å². The first-order chi connectivity index (χ1) is 9.72. The Balaban J connectivity index is 1.67. The van der Waals surface area contributed by atoms with Crippen molar-refractivity contribution in [1.29, 1.82) is 0 Å². The Bertz CT molecular complexity index is 654. The van der Waals surface area contributed by atoms with Crippen LogP contribution in [0.5, 0.6) is 0 Å². The molecule has 5 nitrogen and oxygen atoms in total. The Morgan fingerprint density at radius 1 is 1.40 bits per heavy atom. The van der Waals surface area contributed by atoms with Gasteiger partial charge in [0.05, 0.1) is 12.2 Å². The molecule has 20 heavy (non-hydrogen) atoms. The van der Waals surface area contributed by atoms with Crippen LogP contribution in [-0.2, 0) is 13.0 Å². The number of carbonyl (C=O) groups excluding carboxylic acids is 1. The first kappa shape index (κ1) is 12.6. The second-order valence-electron chi connectivity index (χ2n) is 4.83.